The van der Waals surface area contributed by atoms with Gasteiger partial charge in [-0.1, -0.05) is 91.0 Å². The predicted molar refractivity (Wildman–Crippen MR) is 150 cm³/mol. The van der Waals surface area contributed by atoms with E-state index in [1.54, 1.807) is 0 Å². The Bertz CT molecular complexity index is 1190. The zero-order valence-corrected chi connectivity index (χ0v) is 23.3. The second-order valence-corrected chi connectivity index (χ2v) is 9.68. The largest absolute Gasteiger partial charge is 0.467 e. The van der Waals surface area contributed by atoms with E-state index in [1.807, 2.05) is 91.0 Å². The minimum atomic E-state index is -0.913. The maximum Gasteiger partial charge on any atom is 0.331 e. The van der Waals surface area contributed by atoms with Crippen LogP contribution in [0, 0.1) is 0 Å². The van der Waals surface area contributed by atoms with Crippen molar-refractivity contribution in [3.63, 3.8) is 0 Å². The number of carbonyl (C=O) groups is 2. The number of ether oxygens (including phenoxy) is 6. The van der Waals surface area contributed by atoms with E-state index in [2.05, 4.69) is 5.32 Å². The van der Waals surface area contributed by atoms with Gasteiger partial charge in [-0.05, 0) is 16.7 Å². The van der Waals surface area contributed by atoms with E-state index >= 15 is 0 Å². The molecule has 1 aliphatic heterocycles. The Hall–Kier alpha value is -3.60. The molecule has 1 amide bonds. The highest BCUT2D eigenvalue weighted by Gasteiger charge is 2.49. The van der Waals surface area contributed by atoms with Gasteiger partial charge in [0.15, 0.2) is 6.29 Å². The average Bonchev–Trinajstić information content (AvgIpc) is 3.00. The summed E-state index contributed by atoms with van der Waals surface area (Å²) in [5, 5.41) is 2.90. The molecular formula is C32H37NO8. The van der Waals surface area contributed by atoms with Crippen LogP contribution in [0.1, 0.15) is 23.6 Å². The number of amides is 1. The molecule has 1 N–H and O–H groups in total. The topological polar surface area (TPSA) is 102 Å². The number of methoxy groups -OCH3 is 1. The zero-order chi connectivity index (χ0) is 28.9. The van der Waals surface area contributed by atoms with Crippen molar-refractivity contribution in [3.05, 3.63) is 108 Å². The average molecular weight is 564 g/mol. The van der Waals surface area contributed by atoms with Crippen LogP contribution in [0.15, 0.2) is 91.0 Å². The molecule has 4 rings (SSSR count). The third-order valence-corrected chi connectivity index (χ3v) is 6.57. The van der Waals surface area contributed by atoms with E-state index in [0.717, 1.165) is 16.7 Å². The molecule has 9 nitrogen and oxygen atoms in total. The van der Waals surface area contributed by atoms with Gasteiger partial charge < -0.3 is 33.7 Å². The molecule has 9 heteroatoms. The fourth-order valence-electron chi connectivity index (χ4n) is 4.58. The van der Waals surface area contributed by atoms with Gasteiger partial charge in [0, 0.05) is 6.92 Å². The summed E-state index contributed by atoms with van der Waals surface area (Å²) in [5.74, 6) is -0.863. The highest BCUT2D eigenvalue weighted by molar-refractivity contribution is 5.73. The second kappa shape index (κ2) is 16.0. The van der Waals surface area contributed by atoms with Gasteiger partial charge in [0.25, 0.3) is 0 Å². The van der Waals surface area contributed by atoms with Crippen molar-refractivity contribution >= 4 is 11.9 Å². The number of rotatable bonds is 14. The highest BCUT2D eigenvalue weighted by atomic mass is 16.7. The summed E-state index contributed by atoms with van der Waals surface area (Å²) in [7, 11) is 1.29. The lowest BCUT2D eigenvalue weighted by Crippen LogP contribution is -2.66. The van der Waals surface area contributed by atoms with Crippen LogP contribution >= 0.6 is 0 Å². The lowest BCUT2D eigenvalue weighted by atomic mass is 9.96. The molecule has 0 aliphatic carbocycles. The van der Waals surface area contributed by atoms with Gasteiger partial charge in [0.2, 0.25) is 5.91 Å². The summed E-state index contributed by atoms with van der Waals surface area (Å²) in [4.78, 5) is 24.4. The van der Waals surface area contributed by atoms with Gasteiger partial charge in [-0.3, -0.25) is 4.79 Å². The summed E-state index contributed by atoms with van der Waals surface area (Å²) in [5.41, 5.74) is 2.89. The first kappa shape index (κ1) is 30.4. The molecule has 1 fully saturated rings. The van der Waals surface area contributed by atoms with E-state index in [-0.39, 0.29) is 32.3 Å². The second-order valence-electron chi connectivity index (χ2n) is 9.68. The maximum atomic E-state index is 12.3. The predicted octanol–water partition coefficient (Wildman–Crippen LogP) is 3.79. The Kier molecular flexibility index (Phi) is 11.8. The maximum absolute atomic E-state index is 12.3. The van der Waals surface area contributed by atoms with Crippen molar-refractivity contribution in [2.75, 3.05) is 20.3 Å². The highest BCUT2D eigenvalue weighted by Crippen LogP contribution is 2.29. The van der Waals surface area contributed by atoms with Crippen LogP contribution < -0.4 is 5.32 Å². The van der Waals surface area contributed by atoms with Gasteiger partial charge in [-0.15, -0.1) is 0 Å². The first-order valence-electron chi connectivity index (χ1n) is 13.6. The number of esters is 1. The molecule has 218 valence electrons. The van der Waals surface area contributed by atoms with Crippen LogP contribution in [0.25, 0.3) is 0 Å². The molecule has 3 aromatic carbocycles. The Morgan fingerprint density at radius 1 is 0.732 bits per heavy atom. The molecule has 0 aromatic heterocycles. The minimum absolute atomic E-state index is 0.157. The summed E-state index contributed by atoms with van der Waals surface area (Å²) in [6.45, 7) is 2.07. The molecule has 0 radical (unpaired) electrons. The summed E-state index contributed by atoms with van der Waals surface area (Å²) in [6, 6.07) is 28.3. The Labute approximate surface area is 240 Å². The third-order valence-electron chi connectivity index (χ3n) is 6.57. The molecule has 0 spiro atoms. The number of hydrogen-bond donors (Lipinski definition) is 1. The Morgan fingerprint density at radius 3 is 1.80 bits per heavy atom. The van der Waals surface area contributed by atoms with Crippen molar-refractivity contribution in [1.29, 1.82) is 0 Å². The summed E-state index contributed by atoms with van der Waals surface area (Å²) < 4.78 is 36.0. The fraction of sp³-hybridized carbons (Fsp3) is 0.375. The Morgan fingerprint density at radius 2 is 1.27 bits per heavy atom. The molecule has 1 heterocycles. The van der Waals surface area contributed by atoms with Crippen LogP contribution in [0.2, 0.25) is 0 Å². The normalized spacial score (nSPS) is 22.1. The fourth-order valence-corrected chi connectivity index (χ4v) is 4.58. The van der Waals surface area contributed by atoms with Crippen LogP contribution in [0.5, 0.6) is 0 Å². The zero-order valence-electron chi connectivity index (χ0n) is 23.3. The van der Waals surface area contributed by atoms with Gasteiger partial charge in [0.05, 0.1) is 33.5 Å². The van der Waals surface area contributed by atoms with Gasteiger partial charge in [0.1, 0.15) is 31.0 Å². The van der Waals surface area contributed by atoms with E-state index in [0.29, 0.717) is 6.61 Å². The molecule has 41 heavy (non-hydrogen) atoms. The van der Waals surface area contributed by atoms with E-state index in [4.69, 9.17) is 28.4 Å². The van der Waals surface area contributed by atoms with Crippen molar-refractivity contribution in [1.82, 2.24) is 5.32 Å². The number of hydrogen-bond acceptors (Lipinski definition) is 8. The smallest absolute Gasteiger partial charge is 0.331 e. The van der Waals surface area contributed by atoms with Crippen molar-refractivity contribution < 1.29 is 38.0 Å². The molecule has 0 unspecified atom stereocenters. The quantitative estimate of drug-likeness (QED) is 0.296. The first-order valence-corrected chi connectivity index (χ1v) is 13.6. The van der Waals surface area contributed by atoms with Gasteiger partial charge in [-0.2, -0.15) is 0 Å². The monoisotopic (exact) mass is 563 g/mol. The third kappa shape index (κ3) is 9.48. The molecule has 1 aliphatic rings. The molecule has 0 saturated carbocycles. The van der Waals surface area contributed by atoms with Crippen molar-refractivity contribution in [2.45, 2.75) is 57.4 Å². The van der Waals surface area contributed by atoms with Crippen molar-refractivity contribution in [2.24, 2.45) is 0 Å². The van der Waals surface area contributed by atoms with Gasteiger partial charge in [-0.25, -0.2) is 4.79 Å². The molecule has 5 atom stereocenters. The summed E-state index contributed by atoms with van der Waals surface area (Å²) >= 11 is 0. The molecular weight excluding hydrogens is 526 g/mol. The Balaban J connectivity index is 1.59. The first-order chi connectivity index (χ1) is 20.0. The van der Waals surface area contributed by atoms with Gasteiger partial charge >= 0.3 is 5.97 Å². The van der Waals surface area contributed by atoms with Crippen molar-refractivity contribution in [3.8, 4) is 0 Å². The van der Waals surface area contributed by atoms with E-state index in [9.17, 15) is 9.59 Å². The number of benzene rings is 3. The SMILES string of the molecule is COC(=O)CO[C@@H]1[C@@H](NC(C)=O)[C@@H](OCc2ccccc2)O[C@H](COCc2ccccc2)[C@H]1OCc1ccccc1. The van der Waals surface area contributed by atoms with Crippen LogP contribution in [-0.2, 0) is 57.8 Å². The van der Waals surface area contributed by atoms with Crippen LogP contribution in [0.4, 0.5) is 0 Å². The van der Waals surface area contributed by atoms with E-state index in [1.165, 1.54) is 14.0 Å². The molecule has 3 aromatic rings. The molecule has 1 saturated heterocycles. The summed E-state index contributed by atoms with van der Waals surface area (Å²) in [6.07, 6.45) is -3.09. The lowest BCUT2D eigenvalue weighted by molar-refractivity contribution is -0.291. The van der Waals surface area contributed by atoms with Crippen LogP contribution in [-0.4, -0.2) is 62.8 Å². The minimum Gasteiger partial charge on any atom is -0.467 e. The van der Waals surface area contributed by atoms with Crippen LogP contribution in [0.3, 0.4) is 0 Å². The number of carbonyl (C=O) groups excluding carboxylic acids is 2. The lowest BCUT2D eigenvalue weighted by Gasteiger charge is -2.46. The number of nitrogens with one attached hydrogen (secondary N) is 1. The standard InChI is InChI=1S/C32H37NO8/c1-23(34)33-29-31(39-22-28(35)36-2)30(38-19-25-14-8-4-9-15-25)27(21-37-18-24-12-6-3-7-13-24)41-32(29)40-20-26-16-10-5-11-17-26/h3-17,27,29-32H,18-22H2,1-2H3,(H,33,34)/t27-,29-,30-,31-,32+/m1/s1. The van der Waals surface area contributed by atoms with E-state index < -0.39 is 36.6 Å². The molecule has 0 bridgehead atoms.